The molecule has 0 radical (unpaired) electrons. The summed E-state index contributed by atoms with van der Waals surface area (Å²) in [4.78, 5) is 2.12. The highest BCUT2D eigenvalue weighted by Gasteiger charge is 2.23. The van der Waals surface area contributed by atoms with Crippen LogP contribution in [-0.2, 0) is 6.54 Å². The van der Waals surface area contributed by atoms with Crippen molar-refractivity contribution < 1.29 is 0 Å². The molecule has 0 bridgehead atoms. The molecule has 0 aliphatic heterocycles. The van der Waals surface area contributed by atoms with Gasteiger partial charge in [-0.05, 0) is 27.1 Å². The Hall–Kier alpha value is -1.02. The van der Waals surface area contributed by atoms with Crippen LogP contribution in [0.3, 0.4) is 0 Å². The summed E-state index contributed by atoms with van der Waals surface area (Å²) in [6, 6.07) is -0.0686. The highest BCUT2D eigenvalue weighted by atomic mass is 35.5. The number of aromatic nitrogens is 4. The molecule has 1 unspecified atom stereocenters. The van der Waals surface area contributed by atoms with Gasteiger partial charge in [0.1, 0.15) is 0 Å². The lowest BCUT2D eigenvalue weighted by Crippen LogP contribution is -2.28. The summed E-state index contributed by atoms with van der Waals surface area (Å²) in [5.74, 6) is 0. The number of nitrogens with one attached hydrogen (secondary N) is 1. The largest absolute Gasteiger partial charge is 0.308 e. The highest BCUT2D eigenvalue weighted by Crippen LogP contribution is 2.27. The molecule has 1 N–H and O–H groups in total. The van der Waals surface area contributed by atoms with Crippen molar-refractivity contribution in [3.05, 3.63) is 28.8 Å². The second kappa shape index (κ2) is 7.84. The predicted octanol–water partition coefficient (Wildman–Crippen LogP) is 2.04. The van der Waals surface area contributed by atoms with Crippen molar-refractivity contribution in [2.75, 3.05) is 27.2 Å². The van der Waals surface area contributed by atoms with Gasteiger partial charge in [-0.15, -0.1) is 0 Å². The molecule has 2 aromatic rings. The summed E-state index contributed by atoms with van der Waals surface area (Å²) in [6.45, 7) is 4.71. The average molecular weight is 329 g/mol. The molecule has 0 fully saturated rings. The summed E-state index contributed by atoms with van der Waals surface area (Å²) >= 11 is 7.58. The molecular weight excluding hydrogens is 308 g/mol. The lowest BCUT2D eigenvalue weighted by molar-refractivity contribution is 0.365. The van der Waals surface area contributed by atoms with Gasteiger partial charge in [0.2, 0.25) is 0 Å². The molecular formula is C13H21ClN6S. The number of hydrogen-bond donors (Lipinski definition) is 1. The lowest BCUT2D eigenvalue weighted by atomic mass is 10.1. The van der Waals surface area contributed by atoms with Crippen molar-refractivity contribution in [1.29, 1.82) is 0 Å². The number of nitrogens with zero attached hydrogens (tertiary/aromatic N) is 5. The van der Waals surface area contributed by atoms with Crippen molar-refractivity contribution in [1.82, 2.24) is 28.7 Å². The minimum Gasteiger partial charge on any atom is -0.308 e. The third kappa shape index (κ3) is 4.23. The molecule has 0 saturated heterocycles. The Morgan fingerprint density at radius 1 is 1.43 bits per heavy atom. The van der Waals surface area contributed by atoms with Crippen LogP contribution in [0.25, 0.3) is 0 Å². The van der Waals surface area contributed by atoms with Gasteiger partial charge in [-0.2, -0.15) is 13.8 Å². The number of hydrogen-bond acceptors (Lipinski definition) is 6. The molecule has 0 aliphatic rings. The topological polar surface area (TPSA) is 58.9 Å². The Kier molecular flexibility index (Phi) is 6.10. The van der Waals surface area contributed by atoms with E-state index in [-0.39, 0.29) is 6.04 Å². The van der Waals surface area contributed by atoms with Crippen LogP contribution in [0.4, 0.5) is 0 Å². The van der Waals surface area contributed by atoms with Crippen LogP contribution in [0.15, 0.2) is 12.4 Å². The van der Waals surface area contributed by atoms with Crippen LogP contribution in [0, 0.1) is 0 Å². The molecule has 8 heteroatoms. The van der Waals surface area contributed by atoms with Crippen molar-refractivity contribution in [2.45, 2.75) is 25.9 Å². The number of likely N-dealkylation sites (N-methyl/N-ethyl adjacent to an activating group) is 1. The van der Waals surface area contributed by atoms with Crippen LogP contribution >= 0.6 is 23.3 Å². The first kappa shape index (κ1) is 16.4. The molecule has 0 aromatic carbocycles. The monoisotopic (exact) mass is 328 g/mol. The van der Waals surface area contributed by atoms with E-state index in [2.05, 4.69) is 31.0 Å². The fourth-order valence-corrected chi connectivity index (χ4v) is 2.76. The van der Waals surface area contributed by atoms with Crippen LogP contribution in [-0.4, -0.2) is 50.6 Å². The number of rotatable bonds is 8. The normalized spacial score (nSPS) is 13.0. The average Bonchev–Trinajstić information content (AvgIpc) is 3.09. The second-order valence-electron chi connectivity index (χ2n) is 5.12. The molecule has 6 nitrogen and oxygen atoms in total. The fraction of sp³-hybridized carbons (Fsp3) is 0.615. The van der Waals surface area contributed by atoms with Crippen molar-refractivity contribution >= 4 is 23.3 Å². The summed E-state index contributed by atoms with van der Waals surface area (Å²) in [5, 5.41) is 8.55. The van der Waals surface area contributed by atoms with Gasteiger partial charge in [0, 0.05) is 6.54 Å². The zero-order chi connectivity index (χ0) is 15.2. The third-order valence-corrected chi connectivity index (χ3v) is 3.92. The van der Waals surface area contributed by atoms with Gasteiger partial charge in [-0.3, -0.25) is 4.68 Å². The van der Waals surface area contributed by atoms with Gasteiger partial charge >= 0.3 is 0 Å². The van der Waals surface area contributed by atoms with E-state index in [0.29, 0.717) is 5.02 Å². The van der Waals surface area contributed by atoms with E-state index >= 15 is 0 Å². The van der Waals surface area contributed by atoms with Gasteiger partial charge in [0.25, 0.3) is 0 Å². The SMILES string of the molecule is CCCNC(c1cnsn1)c1c(Cl)cnn1CCN(C)C. The Morgan fingerprint density at radius 2 is 2.24 bits per heavy atom. The quantitative estimate of drug-likeness (QED) is 0.803. The van der Waals surface area contributed by atoms with Crippen molar-refractivity contribution in [2.24, 2.45) is 0 Å². The Labute approximate surface area is 134 Å². The summed E-state index contributed by atoms with van der Waals surface area (Å²) < 4.78 is 10.4. The molecule has 0 spiro atoms. The molecule has 1 atom stereocenters. The first-order valence-electron chi connectivity index (χ1n) is 7.00. The highest BCUT2D eigenvalue weighted by molar-refractivity contribution is 6.99. The molecule has 2 heterocycles. The lowest BCUT2D eigenvalue weighted by Gasteiger charge is -2.19. The van der Waals surface area contributed by atoms with E-state index < -0.39 is 0 Å². The van der Waals surface area contributed by atoms with Crippen molar-refractivity contribution in [3.63, 3.8) is 0 Å². The van der Waals surface area contributed by atoms with E-state index in [4.69, 9.17) is 11.6 Å². The van der Waals surface area contributed by atoms with E-state index in [0.717, 1.165) is 37.4 Å². The minimum atomic E-state index is -0.0686. The summed E-state index contributed by atoms with van der Waals surface area (Å²) in [5.41, 5.74) is 1.85. The minimum absolute atomic E-state index is 0.0686. The van der Waals surface area contributed by atoms with E-state index in [1.165, 1.54) is 11.7 Å². The molecule has 21 heavy (non-hydrogen) atoms. The second-order valence-corrected chi connectivity index (χ2v) is 6.09. The standard InChI is InChI=1S/C13H21ClN6S/c1-4-5-15-12(11-9-17-21-18-11)13-10(14)8-16-20(13)7-6-19(2)3/h8-9,12,15H,4-7H2,1-3H3. The molecule has 0 amide bonds. The van der Waals surface area contributed by atoms with Gasteiger partial charge in [-0.1, -0.05) is 18.5 Å². The van der Waals surface area contributed by atoms with Crippen molar-refractivity contribution in [3.8, 4) is 0 Å². The summed E-state index contributed by atoms with van der Waals surface area (Å²) in [6.07, 6.45) is 4.53. The van der Waals surface area contributed by atoms with E-state index in [1.807, 2.05) is 18.8 Å². The molecule has 2 rings (SSSR count). The smallest absolute Gasteiger partial charge is 0.0974 e. The maximum atomic E-state index is 6.37. The molecule has 0 saturated carbocycles. The Bertz CT molecular complexity index is 539. The van der Waals surface area contributed by atoms with Crippen LogP contribution in [0.5, 0.6) is 0 Å². The van der Waals surface area contributed by atoms with Crippen LogP contribution in [0.1, 0.15) is 30.8 Å². The zero-order valence-electron chi connectivity index (χ0n) is 12.6. The van der Waals surface area contributed by atoms with Gasteiger partial charge in [-0.25, -0.2) is 0 Å². The number of halogens is 1. The molecule has 2 aromatic heterocycles. The molecule has 0 aliphatic carbocycles. The predicted molar refractivity (Wildman–Crippen MR) is 85.8 cm³/mol. The Morgan fingerprint density at radius 3 is 2.86 bits per heavy atom. The van der Waals surface area contributed by atoms with Gasteiger partial charge < -0.3 is 10.2 Å². The summed E-state index contributed by atoms with van der Waals surface area (Å²) in [7, 11) is 4.09. The maximum Gasteiger partial charge on any atom is 0.0974 e. The van der Waals surface area contributed by atoms with E-state index in [9.17, 15) is 0 Å². The Balaban J connectivity index is 2.28. The molecule has 116 valence electrons. The first-order chi connectivity index (χ1) is 10.1. The third-order valence-electron chi connectivity index (χ3n) is 3.14. The van der Waals surface area contributed by atoms with Gasteiger partial charge in [0.15, 0.2) is 0 Å². The van der Waals surface area contributed by atoms with Crippen LogP contribution in [0.2, 0.25) is 5.02 Å². The fourth-order valence-electron chi connectivity index (χ4n) is 2.06. The van der Waals surface area contributed by atoms with E-state index in [1.54, 1.807) is 12.4 Å². The maximum absolute atomic E-state index is 6.37. The van der Waals surface area contributed by atoms with Gasteiger partial charge in [0.05, 0.1) is 53.1 Å². The van der Waals surface area contributed by atoms with Crippen LogP contribution < -0.4 is 5.32 Å². The first-order valence-corrected chi connectivity index (χ1v) is 8.11. The zero-order valence-corrected chi connectivity index (χ0v) is 14.2.